The molecule has 3 aliphatic rings. The van der Waals surface area contributed by atoms with Crippen LogP contribution in [0.15, 0.2) is 30.3 Å². The van der Waals surface area contributed by atoms with Crippen LogP contribution in [-0.4, -0.2) is 92.0 Å². The number of carbonyl (C=O) groups is 2. The molecule has 0 aliphatic carbocycles. The number of hydrogen-bond donors (Lipinski definition) is 1. The summed E-state index contributed by atoms with van der Waals surface area (Å²) >= 11 is 1.55. The third kappa shape index (κ3) is 6.94. The molecule has 1 aromatic heterocycles. The number of alkyl carbamates (subject to hydrolysis) is 1. The minimum absolute atomic E-state index is 0.0382. The minimum atomic E-state index is -0.541. The van der Waals surface area contributed by atoms with Gasteiger partial charge in [0.2, 0.25) is 0 Å². The predicted octanol–water partition coefficient (Wildman–Crippen LogP) is 4.76. The molecule has 2 aromatic rings. The number of benzene rings is 1. The summed E-state index contributed by atoms with van der Waals surface area (Å²) in [5.41, 5.74) is 2.85. The molecule has 1 atom stereocenters. The van der Waals surface area contributed by atoms with Crippen molar-refractivity contribution in [1.82, 2.24) is 15.1 Å². The molecule has 1 aromatic carbocycles. The predicted molar refractivity (Wildman–Crippen MR) is 156 cm³/mol. The molecule has 4 heterocycles. The Labute approximate surface area is 236 Å². The largest absolute Gasteiger partial charge is 0.444 e. The van der Waals surface area contributed by atoms with Crippen molar-refractivity contribution < 1.29 is 19.1 Å². The van der Waals surface area contributed by atoms with E-state index in [2.05, 4.69) is 45.4 Å². The van der Waals surface area contributed by atoms with Gasteiger partial charge in [0, 0.05) is 69.1 Å². The highest BCUT2D eigenvalue weighted by Crippen LogP contribution is 2.34. The molecule has 0 radical (unpaired) electrons. The highest BCUT2D eigenvalue weighted by molar-refractivity contribution is 7.17. The summed E-state index contributed by atoms with van der Waals surface area (Å²) < 4.78 is 10.9. The summed E-state index contributed by atoms with van der Waals surface area (Å²) in [6, 6.07) is 11.5. The van der Waals surface area contributed by atoms with E-state index in [4.69, 9.17) is 9.47 Å². The number of rotatable bonds is 5. The van der Waals surface area contributed by atoms with Crippen LogP contribution in [0.4, 0.5) is 10.5 Å². The Morgan fingerprint density at radius 3 is 2.36 bits per heavy atom. The van der Waals surface area contributed by atoms with Gasteiger partial charge in [-0.1, -0.05) is 12.1 Å². The van der Waals surface area contributed by atoms with Gasteiger partial charge in [-0.25, -0.2) is 4.79 Å². The molecule has 9 heteroatoms. The van der Waals surface area contributed by atoms with Gasteiger partial charge in [-0.15, -0.1) is 11.3 Å². The van der Waals surface area contributed by atoms with Crippen molar-refractivity contribution in [3.63, 3.8) is 0 Å². The Morgan fingerprint density at radius 1 is 1.00 bits per heavy atom. The third-order valence-corrected chi connectivity index (χ3v) is 9.12. The molecule has 3 fully saturated rings. The smallest absolute Gasteiger partial charge is 0.407 e. The fourth-order valence-electron chi connectivity index (χ4n) is 5.75. The molecule has 0 bridgehead atoms. The maximum atomic E-state index is 13.3. The molecule has 3 aliphatic heterocycles. The topological polar surface area (TPSA) is 74.4 Å². The fraction of sp³-hybridized carbons (Fsp3) is 0.600. The Hall–Kier alpha value is -2.62. The van der Waals surface area contributed by atoms with Gasteiger partial charge < -0.3 is 24.6 Å². The number of likely N-dealkylation sites (tertiary alicyclic amines) is 1. The molecule has 2 amide bonds. The van der Waals surface area contributed by atoms with E-state index in [1.807, 2.05) is 32.6 Å². The number of aryl methyl sites for hydroxylation is 1. The van der Waals surface area contributed by atoms with Gasteiger partial charge in [0.25, 0.3) is 5.91 Å². The maximum absolute atomic E-state index is 13.3. The van der Waals surface area contributed by atoms with E-state index in [0.29, 0.717) is 19.1 Å². The van der Waals surface area contributed by atoms with Crippen LogP contribution in [0.2, 0.25) is 0 Å². The summed E-state index contributed by atoms with van der Waals surface area (Å²) in [5.74, 6) is 0.0382. The van der Waals surface area contributed by atoms with Crippen LogP contribution in [0.1, 0.15) is 55.3 Å². The average Bonchev–Trinajstić information content (AvgIpc) is 3.54. The number of hydrogen-bond acceptors (Lipinski definition) is 7. The minimum Gasteiger partial charge on any atom is -0.444 e. The number of carbonyl (C=O) groups excluding carboxylic acids is 2. The molecule has 39 heavy (non-hydrogen) atoms. The van der Waals surface area contributed by atoms with Gasteiger partial charge in [-0.3, -0.25) is 9.69 Å². The first-order valence-corrected chi connectivity index (χ1v) is 15.0. The first-order valence-electron chi connectivity index (χ1n) is 14.2. The van der Waals surface area contributed by atoms with Crippen LogP contribution in [0.3, 0.4) is 0 Å². The van der Waals surface area contributed by atoms with Gasteiger partial charge >= 0.3 is 6.09 Å². The van der Waals surface area contributed by atoms with Gasteiger partial charge in [-0.2, -0.15) is 0 Å². The van der Waals surface area contributed by atoms with Crippen LogP contribution in [0.5, 0.6) is 0 Å². The zero-order chi connectivity index (χ0) is 27.6. The van der Waals surface area contributed by atoms with E-state index in [9.17, 15) is 9.59 Å². The zero-order valence-corrected chi connectivity index (χ0v) is 24.5. The highest BCUT2D eigenvalue weighted by Gasteiger charge is 2.31. The van der Waals surface area contributed by atoms with Crippen molar-refractivity contribution in [3.8, 4) is 10.4 Å². The number of thiophene rings is 1. The van der Waals surface area contributed by atoms with Crippen molar-refractivity contribution in [1.29, 1.82) is 0 Å². The molecule has 1 N–H and O–H groups in total. The second kappa shape index (κ2) is 11.9. The summed E-state index contributed by atoms with van der Waals surface area (Å²) in [5, 5.41) is 2.91. The highest BCUT2D eigenvalue weighted by atomic mass is 32.1. The summed E-state index contributed by atoms with van der Waals surface area (Å²) in [4.78, 5) is 34.3. The van der Waals surface area contributed by atoms with E-state index in [0.717, 1.165) is 79.5 Å². The van der Waals surface area contributed by atoms with Gasteiger partial charge in [0.05, 0.1) is 10.9 Å². The number of piperazine rings is 1. The summed E-state index contributed by atoms with van der Waals surface area (Å²) in [6.45, 7) is 14.8. The lowest BCUT2D eigenvalue weighted by atomic mass is 10.1. The zero-order valence-electron chi connectivity index (χ0n) is 23.7. The number of ether oxygens (including phenoxy) is 2. The van der Waals surface area contributed by atoms with Gasteiger partial charge in [0.15, 0.2) is 0 Å². The molecule has 3 saturated heterocycles. The molecule has 8 nitrogen and oxygen atoms in total. The SMILES string of the molecule is Cc1cc(-c2ccc(N3CCN(C4CCOCC4)CC3)cc2)sc1C(=O)N1CC[C@H](NC(=O)OC(C)(C)C)C1. The Bertz CT molecular complexity index is 1140. The van der Waals surface area contributed by atoms with Crippen molar-refractivity contribution >= 4 is 29.0 Å². The first-order chi connectivity index (χ1) is 18.7. The Morgan fingerprint density at radius 2 is 1.69 bits per heavy atom. The lowest BCUT2D eigenvalue weighted by molar-refractivity contribution is 0.0321. The number of nitrogens with zero attached hydrogens (tertiary/aromatic N) is 3. The van der Waals surface area contributed by atoms with Gasteiger partial charge in [-0.05, 0) is 76.3 Å². The average molecular weight is 555 g/mol. The molecule has 0 unspecified atom stereocenters. The lowest BCUT2D eigenvalue weighted by Gasteiger charge is -2.41. The molecule has 5 rings (SSSR count). The molecule has 212 valence electrons. The molecule has 0 spiro atoms. The monoisotopic (exact) mass is 554 g/mol. The van der Waals surface area contributed by atoms with E-state index >= 15 is 0 Å². The van der Waals surface area contributed by atoms with E-state index in [-0.39, 0.29) is 11.9 Å². The number of amides is 2. The van der Waals surface area contributed by atoms with Gasteiger partial charge in [0.1, 0.15) is 5.60 Å². The number of anilines is 1. The van der Waals surface area contributed by atoms with Crippen LogP contribution in [-0.2, 0) is 9.47 Å². The summed E-state index contributed by atoms with van der Waals surface area (Å²) in [7, 11) is 0. The molecular weight excluding hydrogens is 512 g/mol. The third-order valence-electron chi connectivity index (χ3n) is 7.85. The van der Waals surface area contributed by atoms with E-state index in [1.54, 1.807) is 11.3 Å². The van der Waals surface area contributed by atoms with Crippen molar-refractivity contribution in [2.75, 3.05) is 57.4 Å². The van der Waals surface area contributed by atoms with Crippen LogP contribution in [0.25, 0.3) is 10.4 Å². The second-order valence-corrected chi connectivity index (χ2v) is 13.0. The second-order valence-electron chi connectivity index (χ2n) is 11.9. The quantitative estimate of drug-likeness (QED) is 0.574. The Balaban J connectivity index is 1.16. The Kier molecular flexibility index (Phi) is 8.49. The van der Waals surface area contributed by atoms with Crippen molar-refractivity contribution in [2.24, 2.45) is 0 Å². The first kappa shape index (κ1) is 27.9. The standard InChI is InChI=1S/C30H42N4O4S/c1-21-19-26(39-27(21)28(35)34-12-9-23(20-34)31-29(36)38-30(2,3)4)22-5-7-24(8-6-22)32-13-15-33(16-14-32)25-10-17-37-18-11-25/h5-8,19,23,25H,9-18,20H2,1-4H3,(H,31,36)/t23-/m0/s1. The van der Waals surface area contributed by atoms with E-state index in [1.165, 1.54) is 5.69 Å². The van der Waals surface area contributed by atoms with Crippen LogP contribution < -0.4 is 10.2 Å². The lowest BCUT2D eigenvalue weighted by Crippen LogP contribution is -2.51. The normalized spacial score (nSPS) is 21.3. The molecular formula is C30H42N4O4S. The maximum Gasteiger partial charge on any atom is 0.407 e. The van der Waals surface area contributed by atoms with Crippen LogP contribution >= 0.6 is 11.3 Å². The molecule has 0 saturated carbocycles. The number of nitrogens with one attached hydrogen (secondary N) is 1. The van der Waals surface area contributed by atoms with Crippen molar-refractivity contribution in [3.05, 3.63) is 40.8 Å². The van der Waals surface area contributed by atoms with Crippen LogP contribution in [0, 0.1) is 6.92 Å². The van der Waals surface area contributed by atoms with Crippen molar-refractivity contribution in [2.45, 2.75) is 64.6 Å². The fourth-order valence-corrected chi connectivity index (χ4v) is 6.90. The summed E-state index contributed by atoms with van der Waals surface area (Å²) in [6.07, 6.45) is 2.61. The van der Waals surface area contributed by atoms with E-state index < -0.39 is 11.7 Å².